The highest BCUT2D eigenvalue weighted by molar-refractivity contribution is 5.91. The second-order valence-corrected chi connectivity index (χ2v) is 6.25. The zero-order valence-corrected chi connectivity index (χ0v) is 16.4. The maximum atomic E-state index is 12.3. The van der Waals surface area contributed by atoms with Gasteiger partial charge in [-0.2, -0.15) is 0 Å². The normalized spacial score (nSPS) is 14.3. The summed E-state index contributed by atoms with van der Waals surface area (Å²) in [6, 6.07) is 5.94. The molecule has 1 aromatic heterocycles. The van der Waals surface area contributed by atoms with Crippen molar-refractivity contribution in [2.45, 2.75) is 25.3 Å². The summed E-state index contributed by atoms with van der Waals surface area (Å²) in [6.45, 7) is 2.41. The number of amides is 1. The van der Waals surface area contributed by atoms with Gasteiger partial charge in [0.05, 0.1) is 26.5 Å². The molecule has 1 aliphatic heterocycles. The second-order valence-electron chi connectivity index (χ2n) is 6.25. The Kier molecular flexibility index (Phi) is 7.87. The lowest BCUT2D eigenvalue weighted by molar-refractivity contribution is 0.0949. The minimum absolute atomic E-state index is 0. The van der Waals surface area contributed by atoms with E-state index in [0.29, 0.717) is 24.7 Å². The molecule has 2 heterocycles. The van der Waals surface area contributed by atoms with E-state index in [9.17, 15) is 4.79 Å². The van der Waals surface area contributed by atoms with Crippen molar-refractivity contribution in [1.29, 1.82) is 0 Å². The molecule has 2 aromatic rings. The van der Waals surface area contributed by atoms with Crippen molar-refractivity contribution in [2.24, 2.45) is 0 Å². The summed E-state index contributed by atoms with van der Waals surface area (Å²) in [5, 5.41) is 14.3. The average molecular weight is 396 g/mol. The molecule has 1 aromatic carbocycles. The van der Waals surface area contributed by atoms with Crippen molar-refractivity contribution < 1.29 is 14.3 Å². The first-order valence-electron chi connectivity index (χ1n) is 8.83. The Morgan fingerprint density at radius 2 is 2.07 bits per heavy atom. The zero-order valence-electron chi connectivity index (χ0n) is 15.6. The molecule has 27 heavy (non-hydrogen) atoms. The lowest BCUT2D eigenvalue weighted by Crippen LogP contribution is -2.29. The van der Waals surface area contributed by atoms with Gasteiger partial charge in [0, 0.05) is 6.54 Å². The second kappa shape index (κ2) is 10.1. The smallest absolute Gasteiger partial charge is 0.273 e. The van der Waals surface area contributed by atoms with Crippen LogP contribution in [0.5, 0.6) is 11.5 Å². The standard InChI is InChI=1S/C18H25N5O3.ClH/c1-25-15-3-4-17(26-2)13(11-15)5-10-20-18(24)16-12-23(22-21-16)14-6-8-19-9-7-14;/h3-4,11-12,14,19H,5-10H2,1-2H3,(H,20,24);1H. The van der Waals surface area contributed by atoms with Gasteiger partial charge in [-0.05, 0) is 56.1 Å². The van der Waals surface area contributed by atoms with Crippen molar-refractivity contribution in [2.75, 3.05) is 33.9 Å². The molecule has 148 valence electrons. The maximum absolute atomic E-state index is 12.3. The van der Waals surface area contributed by atoms with Crippen LogP contribution in [0.3, 0.4) is 0 Å². The zero-order chi connectivity index (χ0) is 18.4. The summed E-state index contributed by atoms with van der Waals surface area (Å²) in [5.74, 6) is 1.32. The number of aromatic nitrogens is 3. The minimum Gasteiger partial charge on any atom is -0.497 e. The summed E-state index contributed by atoms with van der Waals surface area (Å²) < 4.78 is 12.4. The van der Waals surface area contributed by atoms with Crippen LogP contribution in [-0.2, 0) is 6.42 Å². The molecular weight excluding hydrogens is 370 g/mol. The minimum atomic E-state index is -0.216. The number of carbonyl (C=O) groups excluding carboxylic acids is 1. The summed E-state index contributed by atoms with van der Waals surface area (Å²) in [4.78, 5) is 12.3. The number of methoxy groups -OCH3 is 2. The number of halogens is 1. The summed E-state index contributed by atoms with van der Waals surface area (Å²) >= 11 is 0. The number of carbonyl (C=O) groups is 1. The Morgan fingerprint density at radius 1 is 1.30 bits per heavy atom. The van der Waals surface area contributed by atoms with Crippen LogP contribution in [0.15, 0.2) is 24.4 Å². The van der Waals surface area contributed by atoms with Crippen LogP contribution < -0.4 is 20.1 Å². The molecule has 0 aliphatic carbocycles. The van der Waals surface area contributed by atoms with Crippen molar-refractivity contribution in [3.8, 4) is 11.5 Å². The molecule has 0 unspecified atom stereocenters. The number of hydrogen-bond donors (Lipinski definition) is 2. The summed E-state index contributed by atoms with van der Waals surface area (Å²) in [7, 11) is 3.25. The van der Waals surface area contributed by atoms with Crippen LogP contribution >= 0.6 is 12.4 Å². The number of rotatable bonds is 7. The SMILES string of the molecule is COc1ccc(OC)c(CCNC(=O)c2cn(C3CCNCC3)nn2)c1.Cl. The predicted octanol–water partition coefficient (Wildman–Crippen LogP) is 1.61. The molecular formula is C18H26ClN5O3. The van der Waals surface area contributed by atoms with Crippen LogP contribution in [0.1, 0.15) is 34.9 Å². The molecule has 8 nitrogen and oxygen atoms in total. The van der Waals surface area contributed by atoms with Gasteiger partial charge in [-0.25, -0.2) is 4.68 Å². The highest BCUT2D eigenvalue weighted by atomic mass is 35.5. The fourth-order valence-corrected chi connectivity index (χ4v) is 3.11. The van der Waals surface area contributed by atoms with E-state index in [1.807, 2.05) is 18.2 Å². The number of ether oxygens (including phenoxy) is 2. The number of nitrogens with zero attached hydrogens (tertiary/aromatic N) is 3. The van der Waals surface area contributed by atoms with E-state index in [4.69, 9.17) is 9.47 Å². The number of benzene rings is 1. The first kappa shape index (κ1) is 21.0. The molecule has 9 heteroatoms. The molecule has 1 fully saturated rings. The molecule has 0 saturated carbocycles. The van der Waals surface area contributed by atoms with Crippen LogP contribution in [0.2, 0.25) is 0 Å². The molecule has 0 bridgehead atoms. The van der Waals surface area contributed by atoms with Gasteiger partial charge in [0.15, 0.2) is 5.69 Å². The first-order chi connectivity index (χ1) is 12.7. The van der Waals surface area contributed by atoms with E-state index in [2.05, 4.69) is 20.9 Å². The highest BCUT2D eigenvalue weighted by Gasteiger charge is 2.18. The van der Waals surface area contributed by atoms with E-state index >= 15 is 0 Å². The summed E-state index contributed by atoms with van der Waals surface area (Å²) in [5.41, 5.74) is 1.33. The fraction of sp³-hybridized carbons (Fsp3) is 0.500. The Balaban J connectivity index is 0.00000261. The van der Waals surface area contributed by atoms with Gasteiger partial charge in [0.25, 0.3) is 5.91 Å². The molecule has 3 rings (SSSR count). The number of nitrogens with one attached hydrogen (secondary N) is 2. The van der Waals surface area contributed by atoms with Gasteiger partial charge in [0.1, 0.15) is 11.5 Å². The van der Waals surface area contributed by atoms with E-state index in [-0.39, 0.29) is 18.3 Å². The van der Waals surface area contributed by atoms with Gasteiger partial charge in [0.2, 0.25) is 0 Å². The highest BCUT2D eigenvalue weighted by Crippen LogP contribution is 2.24. The lowest BCUT2D eigenvalue weighted by atomic mass is 10.1. The van der Waals surface area contributed by atoms with E-state index in [1.165, 1.54) is 0 Å². The molecule has 1 saturated heterocycles. The van der Waals surface area contributed by atoms with Crippen LogP contribution in [0, 0.1) is 0 Å². The number of hydrogen-bond acceptors (Lipinski definition) is 6. The van der Waals surface area contributed by atoms with Crippen molar-refractivity contribution >= 4 is 18.3 Å². The lowest BCUT2D eigenvalue weighted by Gasteiger charge is -2.22. The van der Waals surface area contributed by atoms with Crippen LogP contribution in [-0.4, -0.2) is 54.8 Å². The van der Waals surface area contributed by atoms with Gasteiger partial charge in [-0.15, -0.1) is 17.5 Å². The first-order valence-corrected chi connectivity index (χ1v) is 8.83. The van der Waals surface area contributed by atoms with Gasteiger partial charge in [-0.3, -0.25) is 4.79 Å². The Morgan fingerprint density at radius 3 is 2.78 bits per heavy atom. The van der Waals surface area contributed by atoms with Crippen LogP contribution in [0.25, 0.3) is 0 Å². The number of piperidine rings is 1. The molecule has 2 N–H and O–H groups in total. The largest absolute Gasteiger partial charge is 0.497 e. The van der Waals surface area contributed by atoms with Crippen molar-refractivity contribution in [3.05, 3.63) is 35.7 Å². The topological polar surface area (TPSA) is 90.3 Å². The average Bonchev–Trinajstić information content (AvgIpc) is 3.19. The molecule has 1 aliphatic rings. The third-order valence-corrected chi connectivity index (χ3v) is 4.59. The third kappa shape index (κ3) is 5.33. The summed E-state index contributed by atoms with van der Waals surface area (Å²) in [6.07, 6.45) is 4.37. The monoisotopic (exact) mass is 395 g/mol. The van der Waals surface area contributed by atoms with Crippen molar-refractivity contribution in [1.82, 2.24) is 25.6 Å². The maximum Gasteiger partial charge on any atom is 0.273 e. The van der Waals surface area contributed by atoms with E-state index in [1.54, 1.807) is 25.1 Å². The third-order valence-electron chi connectivity index (χ3n) is 4.59. The fourth-order valence-electron chi connectivity index (χ4n) is 3.11. The Bertz CT molecular complexity index is 746. The van der Waals surface area contributed by atoms with Gasteiger partial charge in [-0.1, -0.05) is 5.21 Å². The Hall–Kier alpha value is -2.32. The predicted molar refractivity (Wildman–Crippen MR) is 104 cm³/mol. The molecule has 0 radical (unpaired) electrons. The van der Waals surface area contributed by atoms with Gasteiger partial charge < -0.3 is 20.1 Å². The molecule has 0 spiro atoms. The van der Waals surface area contributed by atoms with Crippen molar-refractivity contribution in [3.63, 3.8) is 0 Å². The van der Waals surface area contributed by atoms with E-state index < -0.39 is 0 Å². The Labute approximate surface area is 165 Å². The van der Waals surface area contributed by atoms with Gasteiger partial charge >= 0.3 is 0 Å². The quantitative estimate of drug-likeness (QED) is 0.740. The van der Waals surface area contributed by atoms with Crippen LogP contribution in [0.4, 0.5) is 0 Å². The molecule has 1 amide bonds. The van der Waals surface area contributed by atoms with E-state index in [0.717, 1.165) is 43.0 Å². The molecule has 0 atom stereocenters.